The van der Waals surface area contributed by atoms with E-state index >= 15 is 0 Å². The number of para-hydroxylation sites is 1. The van der Waals surface area contributed by atoms with Crippen molar-refractivity contribution in [2.24, 2.45) is 0 Å². The zero-order valence-electron chi connectivity index (χ0n) is 12.3. The highest BCUT2D eigenvalue weighted by molar-refractivity contribution is 5.66. The molecule has 0 aromatic heterocycles. The van der Waals surface area contributed by atoms with Gasteiger partial charge in [-0.05, 0) is 44.5 Å². The molecule has 4 heteroatoms. The average Bonchev–Trinajstić information content (AvgIpc) is 2.46. The molecule has 0 unspecified atom stereocenters. The largest absolute Gasteiger partial charge is 0.481 e. The van der Waals surface area contributed by atoms with E-state index in [0.29, 0.717) is 6.42 Å². The highest BCUT2D eigenvalue weighted by atomic mass is 16.4. The third kappa shape index (κ3) is 7.79. The maximum absolute atomic E-state index is 10.3. The Labute approximate surface area is 121 Å². The fourth-order valence-corrected chi connectivity index (χ4v) is 2.08. The van der Waals surface area contributed by atoms with Crippen LogP contribution in [-0.2, 0) is 4.79 Å². The Morgan fingerprint density at radius 1 is 1.10 bits per heavy atom. The molecular weight excluding hydrogens is 252 g/mol. The standard InChI is InChI=1S/C16H26N2O2/c1-18(15-9-4-2-5-10-15)14-8-13-17-12-7-3-6-11-16(19)20/h2,4-5,9-10,17H,3,6-8,11-14H2,1H3,(H,19,20). The summed E-state index contributed by atoms with van der Waals surface area (Å²) in [5.41, 5.74) is 1.25. The van der Waals surface area contributed by atoms with E-state index in [0.717, 1.165) is 45.3 Å². The summed E-state index contributed by atoms with van der Waals surface area (Å²) in [6.07, 6.45) is 4.24. The molecule has 4 nitrogen and oxygen atoms in total. The Hall–Kier alpha value is -1.55. The highest BCUT2D eigenvalue weighted by Crippen LogP contribution is 2.10. The Kier molecular flexibility index (Phi) is 8.47. The molecule has 112 valence electrons. The normalized spacial score (nSPS) is 10.4. The smallest absolute Gasteiger partial charge is 0.303 e. The third-order valence-corrected chi connectivity index (χ3v) is 3.29. The molecule has 0 saturated carbocycles. The lowest BCUT2D eigenvalue weighted by atomic mass is 10.2. The summed E-state index contributed by atoms with van der Waals surface area (Å²) in [5.74, 6) is -0.693. The summed E-state index contributed by atoms with van der Waals surface area (Å²) in [5, 5.41) is 11.9. The molecular formula is C16H26N2O2. The van der Waals surface area contributed by atoms with E-state index in [1.54, 1.807) is 0 Å². The van der Waals surface area contributed by atoms with Crippen molar-refractivity contribution in [2.75, 3.05) is 31.6 Å². The van der Waals surface area contributed by atoms with Gasteiger partial charge in [-0.1, -0.05) is 24.6 Å². The summed E-state index contributed by atoms with van der Waals surface area (Å²) in [6.45, 7) is 3.03. The number of rotatable bonds is 11. The molecule has 0 fully saturated rings. The van der Waals surface area contributed by atoms with Gasteiger partial charge in [0.25, 0.3) is 0 Å². The minimum absolute atomic E-state index is 0.294. The van der Waals surface area contributed by atoms with Gasteiger partial charge in [0, 0.05) is 25.7 Å². The first-order valence-electron chi connectivity index (χ1n) is 7.39. The SMILES string of the molecule is CN(CCCNCCCCCC(=O)O)c1ccccc1. The number of nitrogens with one attached hydrogen (secondary N) is 1. The van der Waals surface area contributed by atoms with E-state index in [9.17, 15) is 4.79 Å². The van der Waals surface area contributed by atoms with E-state index in [4.69, 9.17) is 5.11 Å². The van der Waals surface area contributed by atoms with Gasteiger partial charge >= 0.3 is 5.97 Å². The predicted molar refractivity (Wildman–Crippen MR) is 83.3 cm³/mol. The van der Waals surface area contributed by atoms with Crippen molar-refractivity contribution in [3.05, 3.63) is 30.3 Å². The Morgan fingerprint density at radius 3 is 2.50 bits per heavy atom. The van der Waals surface area contributed by atoms with Gasteiger partial charge in [-0.25, -0.2) is 0 Å². The zero-order valence-corrected chi connectivity index (χ0v) is 12.3. The van der Waals surface area contributed by atoms with E-state index in [1.807, 2.05) is 6.07 Å². The summed E-state index contributed by atoms with van der Waals surface area (Å²) in [7, 11) is 2.11. The zero-order chi connectivity index (χ0) is 14.6. The van der Waals surface area contributed by atoms with Gasteiger partial charge in [0.2, 0.25) is 0 Å². The van der Waals surface area contributed by atoms with Crippen LogP contribution in [0.2, 0.25) is 0 Å². The van der Waals surface area contributed by atoms with Crippen molar-refractivity contribution in [2.45, 2.75) is 32.1 Å². The molecule has 0 atom stereocenters. The summed E-state index contributed by atoms with van der Waals surface area (Å²) in [4.78, 5) is 12.6. The van der Waals surface area contributed by atoms with E-state index in [1.165, 1.54) is 5.69 Å². The third-order valence-electron chi connectivity index (χ3n) is 3.29. The number of carboxylic acids is 1. The quantitative estimate of drug-likeness (QED) is 0.611. The summed E-state index contributed by atoms with van der Waals surface area (Å²) < 4.78 is 0. The van der Waals surface area contributed by atoms with Crippen LogP contribution in [0.1, 0.15) is 32.1 Å². The fourth-order valence-electron chi connectivity index (χ4n) is 2.08. The maximum atomic E-state index is 10.3. The second-order valence-corrected chi connectivity index (χ2v) is 5.07. The minimum atomic E-state index is -0.693. The highest BCUT2D eigenvalue weighted by Gasteiger charge is 1.99. The van der Waals surface area contributed by atoms with Crippen molar-refractivity contribution in [3.8, 4) is 0 Å². The lowest BCUT2D eigenvalue weighted by Gasteiger charge is -2.19. The number of benzene rings is 1. The van der Waals surface area contributed by atoms with Crippen LogP contribution in [0.3, 0.4) is 0 Å². The lowest BCUT2D eigenvalue weighted by Crippen LogP contribution is -2.24. The maximum Gasteiger partial charge on any atom is 0.303 e. The molecule has 0 spiro atoms. The molecule has 0 aliphatic carbocycles. The van der Waals surface area contributed by atoms with Gasteiger partial charge in [0.05, 0.1) is 0 Å². The average molecular weight is 278 g/mol. The molecule has 0 aliphatic heterocycles. The Morgan fingerprint density at radius 2 is 1.80 bits per heavy atom. The van der Waals surface area contributed by atoms with Crippen LogP contribution in [0, 0.1) is 0 Å². The molecule has 0 aliphatic rings. The second kappa shape index (κ2) is 10.3. The summed E-state index contributed by atoms with van der Waals surface area (Å²) in [6, 6.07) is 10.4. The monoisotopic (exact) mass is 278 g/mol. The van der Waals surface area contributed by atoms with Gasteiger partial charge in [0.1, 0.15) is 0 Å². The molecule has 2 N–H and O–H groups in total. The molecule has 1 aromatic rings. The molecule has 1 rings (SSSR count). The van der Waals surface area contributed by atoms with Gasteiger partial charge in [-0.3, -0.25) is 4.79 Å². The number of unbranched alkanes of at least 4 members (excludes halogenated alkanes) is 2. The van der Waals surface area contributed by atoms with E-state index in [-0.39, 0.29) is 0 Å². The molecule has 20 heavy (non-hydrogen) atoms. The van der Waals surface area contributed by atoms with Crippen molar-refractivity contribution < 1.29 is 9.90 Å². The molecule has 0 saturated heterocycles. The number of hydrogen-bond donors (Lipinski definition) is 2. The van der Waals surface area contributed by atoms with Crippen LogP contribution >= 0.6 is 0 Å². The molecule has 0 radical (unpaired) electrons. The van der Waals surface area contributed by atoms with Gasteiger partial charge in [-0.15, -0.1) is 0 Å². The number of aliphatic carboxylic acids is 1. The topological polar surface area (TPSA) is 52.6 Å². The van der Waals surface area contributed by atoms with Crippen LogP contribution in [0.5, 0.6) is 0 Å². The number of nitrogens with zero attached hydrogens (tertiary/aromatic N) is 1. The van der Waals surface area contributed by atoms with E-state index < -0.39 is 5.97 Å². The molecule has 0 bridgehead atoms. The van der Waals surface area contributed by atoms with Gasteiger partial charge in [0.15, 0.2) is 0 Å². The van der Waals surface area contributed by atoms with Crippen molar-refractivity contribution in [3.63, 3.8) is 0 Å². The molecule has 0 heterocycles. The Bertz CT molecular complexity index is 368. The van der Waals surface area contributed by atoms with Crippen LogP contribution < -0.4 is 10.2 Å². The number of carbonyl (C=O) groups is 1. The first kappa shape index (κ1) is 16.5. The molecule has 1 aromatic carbocycles. The van der Waals surface area contributed by atoms with Crippen LogP contribution in [0.25, 0.3) is 0 Å². The predicted octanol–water partition coefficient (Wildman–Crippen LogP) is 2.75. The fraction of sp³-hybridized carbons (Fsp3) is 0.562. The Balaban J connectivity index is 1.93. The first-order valence-corrected chi connectivity index (χ1v) is 7.39. The van der Waals surface area contributed by atoms with Crippen molar-refractivity contribution >= 4 is 11.7 Å². The van der Waals surface area contributed by atoms with Crippen molar-refractivity contribution in [1.82, 2.24) is 5.32 Å². The number of carboxylic acid groups (broad SMARTS) is 1. The molecule has 0 amide bonds. The second-order valence-electron chi connectivity index (χ2n) is 5.07. The van der Waals surface area contributed by atoms with E-state index in [2.05, 4.69) is 41.5 Å². The van der Waals surface area contributed by atoms with Crippen LogP contribution in [-0.4, -0.2) is 37.8 Å². The van der Waals surface area contributed by atoms with Crippen LogP contribution in [0.15, 0.2) is 30.3 Å². The van der Waals surface area contributed by atoms with Crippen molar-refractivity contribution in [1.29, 1.82) is 0 Å². The lowest BCUT2D eigenvalue weighted by molar-refractivity contribution is -0.137. The van der Waals surface area contributed by atoms with Gasteiger partial charge in [-0.2, -0.15) is 0 Å². The first-order chi connectivity index (χ1) is 9.70. The van der Waals surface area contributed by atoms with Gasteiger partial charge < -0.3 is 15.3 Å². The number of hydrogen-bond acceptors (Lipinski definition) is 3. The summed E-state index contributed by atoms with van der Waals surface area (Å²) >= 11 is 0. The van der Waals surface area contributed by atoms with Crippen LogP contribution in [0.4, 0.5) is 5.69 Å². The number of anilines is 1. The minimum Gasteiger partial charge on any atom is -0.481 e.